The van der Waals surface area contributed by atoms with Gasteiger partial charge in [-0.3, -0.25) is 19.2 Å². The largest absolute Gasteiger partial charge is 0.530 e. The first-order valence-electron chi connectivity index (χ1n) is 6.33. The second-order valence-electron chi connectivity index (χ2n) is 4.44. The molecule has 2 atom stereocenters. The molecule has 1 aromatic rings. The summed E-state index contributed by atoms with van der Waals surface area (Å²) in [5.74, 6) is 0.110. The minimum absolute atomic E-state index is 0.0531. The minimum Gasteiger partial charge on any atom is -0.404 e. The van der Waals surface area contributed by atoms with Crippen LogP contribution in [0.2, 0.25) is 0 Å². The molecule has 0 fully saturated rings. The summed E-state index contributed by atoms with van der Waals surface area (Å²) >= 11 is 11.5. The topological polar surface area (TPSA) is 87.9 Å². The lowest BCUT2D eigenvalue weighted by Crippen LogP contribution is -2.12. The number of hydrogen-bond acceptors (Lipinski definition) is 6. The molecule has 1 rings (SSSR count). The standard InChI is InChI=1S/C12H16Cl2NO6P/c1-9(13)7-19-22(18,20-8-10(2)14)21-12-5-3-11(4-6-12)15(16)17/h3-6,9-10H,7-8H2,1-2H3. The number of alkyl halides is 2. The number of phosphoric ester groups is 1. The Morgan fingerprint density at radius 2 is 1.59 bits per heavy atom. The van der Waals surface area contributed by atoms with Crippen LogP contribution >= 0.6 is 31.0 Å². The summed E-state index contributed by atoms with van der Waals surface area (Å²) in [6, 6.07) is 5.03. The summed E-state index contributed by atoms with van der Waals surface area (Å²) in [4.78, 5) is 10.0. The van der Waals surface area contributed by atoms with E-state index >= 15 is 0 Å². The molecule has 0 aliphatic rings. The van der Waals surface area contributed by atoms with E-state index in [2.05, 4.69) is 0 Å². The minimum atomic E-state index is -3.93. The van der Waals surface area contributed by atoms with E-state index in [-0.39, 0.29) is 24.7 Å². The van der Waals surface area contributed by atoms with Crippen LogP contribution < -0.4 is 4.52 Å². The SMILES string of the molecule is CC(Cl)COP(=O)(OCC(C)Cl)Oc1ccc([N+](=O)[O-])cc1. The molecule has 0 N–H and O–H groups in total. The van der Waals surface area contributed by atoms with Crippen molar-refractivity contribution < 1.29 is 23.1 Å². The van der Waals surface area contributed by atoms with Crippen LogP contribution in [0.15, 0.2) is 24.3 Å². The highest BCUT2D eigenvalue weighted by Crippen LogP contribution is 2.50. The van der Waals surface area contributed by atoms with Gasteiger partial charge in [0.15, 0.2) is 0 Å². The zero-order chi connectivity index (χ0) is 16.8. The molecule has 22 heavy (non-hydrogen) atoms. The van der Waals surface area contributed by atoms with Crippen molar-refractivity contribution in [1.29, 1.82) is 0 Å². The van der Waals surface area contributed by atoms with Crippen molar-refractivity contribution in [2.75, 3.05) is 13.2 Å². The number of non-ortho nitro benzene ring substituents is 1. The molecule has 0 saturated carbocycles. The van der Waals surface area contributed by atoms with Gasteiger partial charge in [0.05, 0.1) is 28.9 Å². The second kappa shape index (κ2) is 8.70. The maximum Gasteiger partial charge on any atom is 0.530 e. The molecule has 0 bridgehead atoms. The first-order valence-corrected chi connectivity index (χ1v) is 8.66. The van der Waals surface area contributed by atoms with E-state index in [0.717, 1.165) is 0 Å². The van der Waals surface area contributed by atoms with Gasteiger partial charge in [0.1, 0.15) is 5.75 Å². The molecule has 2 unspecified atom stereocenters. The fraction of sp³-hybridized carbons (Fsp3) is 0.500. The predicted molar refractivity (Wildman–Crippen MR) is 83.9 cm³/mol. The smallest absolute Gasteiger partial charge is 0.404 e. The van der Waals surface area contributed by atoms with E-state index in [0.29, 0.717) is 0 Å². The van der Waals surface area contributed by atoms with E-state index in [1.54, 1.807) is 13.8 Å². The Kier molecular flexibility index (Phi) is 7.59. The van der Waals surface area contributed by atoms with Gasteiger partial charge < -0.3 is 4.52 Å². The lowest BCUT2D eigenvalue weighted by Gasteiger charge is -2.19. The predicted octanol–water partition coefficient (Wildman–Crippen LogP) is 4.37. The van der Waals surface area contributed by atoms with Gasteiger partial charge in [-0.2, -0.15) is 0 Å². The van der Waals surface area contributed by atoms with Gasteiger partial charge in [-0.1, -0.05) is 0 Å². The number of hydrogen-bond donors (Lipinski definition) is 0. The number of nitro groups is 1. The summed E-state index contributed by atoms with van der Waals surface area (Å²) in [6.45, 7) is 3.20. The van der Waals surface area contributed by atoms with Crippen LogP contribution in [0, 0.1) is 10.1 Å². The Morgan fingerprint density at radius 1 is 1.14 bits per heavy atom. The Labute approximate surface area is 138 Å². The lowest BCUT2D eigenvalue weighted by atomic mass is 10.3. The van der Waals surface area contributed by atoms with Gasteiger partial charge in [0.25, 0.3) is 5.69 Å². The summed E-state index contributed by atoms with van der Waals surface area (Å²) < 4.78 is 27.9. The van der Waals surface area contributed by atoms with E-state index < -0.39 is 23.5 Å². The number of benzene rings is 1. The molecule has 0 radical (unpaired) electrons. The molecule has 0 aliphatic heterocycles. The molecule has 1 aromatic carbocycles. The van der Waals surface area contributed by atoms with Crippen molar-refractivity contribution in [2.45, 2.75) is 24.6 Å². The van der Waals surface area contributed by atoms with Gasteiger partial charge in [-0.15, -0.1) is 23.2 Å². The number of halogens is 2. The van der Waals surface area contributed by atoms with Crippen LogP contribution in [0.4, 0.5) is 5.69 Å². The summed E-state index contributed by atoms with van der Waals surface area (Å²) in [7, 11) is -3.93. The van der Waals surface area contributed by atoms with Crippen LogP contribution in [0.1, 0.15) is 13.8 Å². The Bertz CT molecular complexity index is 521. The van der Waals surface area contributed by atoms with Gasteiger partial charge >= 0.3 is 7.82 Å². The lowest BCUT2D eigenvalue weighted by molar-refractivity contribution is -0.384. The number of phosphoric acid groups is 1. The maximum absolute atomic E-state index is 12.5. The van der Waals surface area contributed by atoms with Gasteiger partial charge in [-0.05, 0) is 26.0 Å². The van der Waals surface area contributed by atoms with Gasteiger partial charge in [0, 0.05) is 12.1 Å². The quantitative estimate of drug-likeness (QED) is 0.277. The molecular weight excluding hydrogens is 356 g/mol. The molecule has 0 spiro atoms. The number of rotatable bonds is 9. The zero-order valence-corrected chi connectivity index (χ0v) is 14.4. The third kappa shape index (κ3) is 6.94. The fourth-order valence-electron chi connectivity index (χ4n) is 1.24. The van der Waals surface area contributed by atoms with Crippen molar-refractivity contribution in [3.8, 4) is 5.75 Å². The number of nitro benzene ring substituents is 1. The first kappa shape index (κ1) is 19.2. The van der Waals surface area contributed by atoms with Crippen molar-refractivity contribution in [3.05, 3.63) is 34.4 Å². The molecule has 0 saturated heterocycles. The second-order valence-corrected chi connectivity index (χ2v) is 7.53. The highest BCUT2D eigenvalue weighted by Gasteiger charge is 2.30. The molecular formula is C12H16Cl2NO6P. The number of nitrogens with zero attached hydrogens (tertiary/aromatic N) is 1. The van der Waals surface area contributed by atoms with Crippen LogP contribution in [0.5, 0.6) is 5.75 Å². The maximum atomic E-state index is 12.5. The Hall–Kier alpha value is -0.850. The van der Waals surface area contributed by atoms with Crippen LogP contribution in [0.25, 0.3) is 0 Å². The summed E-state index contributed by atoms with van der Waals surface area (Å²) in [5, 5.41) is 9.79. The van der Waals surface area contributed by atoms with E-state index in [9.17, 15) is 14.7 Å². The zero-order valence-electron chi connectivity index (χ0n) is 12.0. The molecule has 7 nitrogen and oxygen atoms in total. The molecule has 0 aliphatic carbocycles. The fourth-order valence-corrected chi connectivity index (χ4v) is 2.91. The van der Waals surface area contributed by atoms with Gasteiger partial charge in [-0.25, -0.2) is 4.57 Å². The Balaban J connectivity index is 2.81. The third-order valence-electron chi connectivity index (χ3n) is 2.19. The highest BCUT2D eigenvalue weighted by atomic mass is 35.5. The van der Waals surface area contributed by atoms with Crippen LogP contribution in [-0.4, -0.2) is 28.9 Å². The summed E-state index contributed by atoms with van der Waals surface area (Å²) in [5.41, 5.74) is -0.118. The molecule has 0 aromatic heterocycles. The molecule has 124 valence electrons. The monoisotopic (exact) mass is 371 g/mol. The average Bonchev–Trinajstić information content (AvgIpc) is 2.44. The van der Waals surface area contributed by atoms with Crippen LogP contribution in [0.3, 0.4) is 0 Å². The highest BCUT2D eigenvalue weighted by molar-refractivity contribution is 7.48. The van der Waals surface area contributed by atoms with Crippen molar-refractivity contribution in [1.82, 2.24) is 0 Å². The third-order valence-corrected chi connectivity index (χ3v) is 3.81. The van der Waals surface area contributed by atoms with Crippen molar-refractivity contribution in [3.63, 3.8) is 0 Å². The Morgan fingerprint density at radius 3 is 1.95 bits per heavy atom. The molecule has 10 heteroatoms. The van der Waals surface area contributed by atoms with E-state index in [1.807, 2.05) is 0 Å². The molecule has 0 heterocycles. The summed E-state index contributed by atoms with van der Waals surface area (Å²) in [6.07, 6.45) is 0. The van der Waals surface area contributed by atoms with Crippen LogP contribution in [-0.2, 0) is 13.6 Å². The van der Waals surface area contributed by atoms with Gasteiger partial charge in [0.2, 0.25) is 0 Å². The van der Waals surface area contributed by atoms with Crippen molar-refractivity contribution >= 4 is 36.7 Å². The van der Waals surface area contributed by atoms with E-state index in [4.69, 9.17) is 36.8 Å². The molecule has 0 amide bonds. The van der Waals surface area contributed by atoms with Crippen molar-refractivity contribution in [2.24, 2.45) is 0 Å². The normalized spacial score (nSPS) is 16.5. The van der Waals surface area contributed by atoms with E-state index in [1.165, 1.54) is 24.3 Å². The first-order chi connectivity index (χ1) is 10.2. The average molecular weight is 372 g/mol.